The zero-order chi connectivity index (χ0) is 13.2. The molecule has 0 radical (unpaired) electrons. The molecule has 1 fully saturated rings. The molecule has 0 aromatic carbocycles. The molecule has 0 saturated carbocycles. The van der Waals surface area contributed by atoms with Gasteiger partial charge in [0.2, 0.25) is 5.91 Å². The van der Waals surface area contributed by atoms with Crippen LogP contribution in [0.15, 0.2) is 0 Å². The van der Waals surface area contributed by atoms with E-state index in [2.05, 4.69) is 10.1 Å². The summed E-state index contributed by atoms with van der Waals surface area (Å²) in [6, 6.07) is -0.758. The molecule has 17 heavy (non-hydrogen) atoms. The largest absolute Gasteiger partial charge is 0.472 e. The second-order valence-electron chi connectivity index (χ2n) is 3.70. The van der Waals surface area contributed by atoms with Crippen molar-refractivity contribution in [1.82, 2.24) is 5.32 Å². The van der Waals surface area contributed by atoms with Gasteiger partial charge in [0.25, 0.3) is 5.78 Å². The summed E-state index contributed by atoms with van der Waals surface area (Å²) in [5, 5.41) is 10.8. The van der Waals surface area contributed by atoms with Crippen molar-refractivity contribution in [3.8, 4) is 0 Å². The van der Waals surface area contributed by atoms with Crippen LogP contribution in [0.3, 0.4) is 0 Å². The van der Waals surface area contributed by atoms with Crippen molar-refractivity contribution in [3.63, 3.8) is 0 Å². The number of Topliss-reactive ketones (excluding diaryl/α,β-unsaturated/α-hetero) is 1. The number of β-lactam (4-membered cyclic amide) rings is 1. The van der Waals surface area contributed by atoms with Gasteiger partial charge in [0.1, 0.15) is 6.17 Å². The van der Waals surface area contributed by atoms with Gasteiger partial charge in [-0.05, 0) is 6.92 Å². The van der Waals surface area contributed by atoms with Crippen LogP contribution in [-0.4, -0.2) is 45.5 Å². The van der Waals surface area contributed by atoms with Crippen LogP contribution < -0.4 is 5.32 Å². The molecule has 0 aromatic rings. The lowest BCUT2D eigenvalue weighted by Crippen LogP contribution is -2.62. The average Bonchev–Trinajstić information content (AvgIpc) is 2.15. The first-order chi connectivity index (χ1) is 7.88. The number of alkyl halides is 1. The van der Waals surface area contributed by atoms with Crippen LogP contribution in [0.25, 0.3) is 5.53 Å². The van der Waals surface area contributed by atoms with Crippen LogP contribution in [0.2, 0.25) is 0 Å². The maximum Gasteiger partial charge on any atom is 0.441 e. The van der Waals surface area contributed by atoms with Crippen LogP contribution in [0.5, 0.6) is 0 Å². The van der Waals surface area contributed by atoms with E-state index in [-0.39, 0.29) is 0 Å². The molecule has 0 unspecified atom stereocenters. The monoisotopic (exact) mass is 243 g/mol. The molecule has 3 atom stereocenters. The Balaban J connectivity index is 2.68. The highest BCUT2D eigenvalue weighted by atomic mass is 19.1. The number of nitrogens with one attached hydrogen (secondary N) is 1. The number of carboxylic acids is 1. The summed E-state index contributed by atoms with van der Waals surface area (Å²) in [5.74, 6) is -4.12. The van der Waals surface area contributed by atoms with Crippen LogP contribution >= 0.6 is 0 Å². The molecule has 92 valence electrons. The molecule has 1 aliphatic heterocycles. The lowest BCUT2D eigenvalue weighted by molar-refractivity contribution is -0.140. The summed E-state index contributed by atoms with van der Waals surface area (Å²) >= 11 is 0. The Kier molecular flexibility index (Phi) is 3.69. The van der Waals surface area contributed by atoms with Gasteiger partial charge >= 0.3 is 11.7 Å². The Hall–Kier alpha value is -2.08. The number of amides is 1. The van der Waals surface area contributed by atoms with E-state index < -0.39 is 47.9 Å². The maximum atomic E-state index is 13.0. The second-order valence-corrected chi connectivity index (χ2v) is 3.70. The van der Waals surface area contributed by atoms with E-state index in [1.54, 1.807) is 0 Å². The molecule has 1 heterocycles. The first-order valence-electron chi connectivity index (χ1n) is 4.81. The van der Waals surface area contributed by atoms with Gasteiger partial charge in [-0.15, -0.1) is 0 Å². The highest BCUT2D eigenvalue weighted by Gasteiger charge is 2.46. The fraction of sp³-hybridized carbons (Fsp3) is 0.556. The first-order valence-corrected chi connectivity index (χ1v) is 4.81. The Morgan fingerprint density at radius 1 is 1.65 bits per heavy atom. The van der Waals surface area contributed by atoms with Crippen LogP contribution in [-0.2, 0) is 14.4 Å². The summed E-state index contributed by atoms with van der Waals surface area (Å²) < 4.78 is 13.0. The molecule has 8 heteroatoms. The lowest BCUT2D eigenvalue weighted by atomic mass is 9.83. The molecule has 1 rings (SSSR count). The quantitative estimate of drug-likeness (QED) is 0.215. The minimum Gasteiger partial charge on any atom is -0.472 e. The maximum absolute atomic E-state index is 13.0. The van der Waals surface area contributed by atoms with Crippen molar-refractivity contribution in [2.45, 2.75) is 25.6 Å². The second kappa shape index (κ2) is 4.84. The van der Waals surface area contributed by atoms with E-state index in [9.17, 15) is 18.8 Å². The first kappa shape index (κ1) is 13.0. The van der Waals surface area contributed by atoms with Crippen LogP contribution in [0, 0.1) is 5.92 Å². The summed E-state index contributed by atoms with van der Waals surface area (Å²) in [5.41, 5.74) is 7.29. The van der Waals surface area contributed by atoms with Gasteiger partial charge in [-0.2, -0.15) is 4.79 Å². The van der Waals surface area contributed by atoms with Crippen LogP contribution in [0.4, 0.5) is 4.39 Å². The van der Waals surface area contributed by atoms with Crippen LogP contribution in [0.1, 0.15) is 13.3 Å². The summed E-state index contributed by atoms with van der Waals surface area (Å²) in [6.45, 7) is 1.18. The van der Waals surface area contributed by atoms with Gasteiger partial charge in [0.15, 0.2) is 0 Å². The lowest BCUT2D eigenvalue weighted by Gasteiger charge is -2.36. The predicted octanol–water partition coefficient (Wildman–Crippen LogP) is -0.826. The minimum absolute atomic E-state index is 0.406. The molecule has 1 saturated heterocycles. The van der Waals surface area contributed by atoms with Gasteiger partial charge in [-0.25, -0.2) is 9.18 Å². The Morgan fingerprint density at radius 3 is 2.59 bits per heavy atom. The van der Waals surface area contributed by atoms with Gasteiger partial charge in [0, 0.05) is 6.42 Å². The topological polar surface area (TPSA) is 120 Å². The van der Waals surface area contributed by atoms with Crippen molar-refractivity contribution in [2.24, 2.45) is 5.92 Å². The number of hydrogen-bond donors (Lipinski definition) is 2. The summed E-state index contributed by atoms with van der Waals surface area (Å²) in [6.07, 6.45) is -1.84. The third-order valence-corrected chi connectivity index (χ3v) is 2.53. The number of carbonyl (C=O) groups excluding carboxylic acids is 2. The van der Waals surface area contributed by atoms with Gasteiger partial charge < -0.3 is 16.0 Å². The van der Waals surface area contributed by atoms with Gasteiger partial charge in [-0.3, -0.25) is 9.59 Å². The van der Waals surface area contributed by atoms with E-state index >= 15 is 0 Å². The molecule has 0 bridgehead atoms. The fourth-order valence-electron chi connectivity index (χ4n) is 1.68. The number of ketones is 1. The third-order valence-electron chi connectivity index (χ3n) is 2.53. The highest BCUT2D eigenvalue weighted by Crippen LogP contribution is 2.24. The normalized spacial score (nSPS) is 24.0. The number of nitrogens with zero attached hydrogens (tertiary/aromatic N) is 2. The number of aliphatic carboxylic acids is 1. The van der Waals surface area contributed by atoms with E-state index in [4.69, 9.17) is 10.6 Å². The molecule has 1 aliphatic rings. The van der Waals surface area contributed by atoms with E-state index in [1.165, 1.54) is 6.92 Å². The Labute approximate surface area is 95.2 Å². The predicted molar refractivity (Wildman–Crippen MR) is 51.9 cm³/mol. The van der Waals surface area contributed by atoms with Crippen molar-refractivity contribution >= 4 is 23.4 Å². The number of hydrogen-bond acceptors (Lipinski definition) is 3. The smallest absolute Gasteiger partial charge is 0.441 e. The zero-order valence-corrected chi connectivity index (χ0v) is 8.88. The standard InChI is InChI=1S/C9H10FN3O4/c1-3(10)6-4(12-8(6)15)2-5(14)7(13-11)9(16)17/h3-4,6H,2H2,1H3,(H,12,15)(H,16,17)/t3-,4+,6+/m0/s1. The number of carboxylic acid groups (broad SMARTS) is 1. The Morgan fingerprint density at radius 2 is 2.24 bits per heavy atom. The average molecular weight is 243 g/mol. The van der Waals surface area contributed by atoms with E-state index in [0.29, 0.717) is 0 Å². The molecular formula is C9H10FN3O4. The molecule has 0 aliphatic carbocycles. The van der Waals surface area contributed by atoms with Gasteiger partial charge in [-0.1, -0.05) is 0 Å². The summed E-state index contributed by atoms with van der Waals surface area (Å²) in [7, 11) is 0. The zero-order valence-electron chi connectivity index (χ0n) is 8.88. The fourth-order valence-corrected chi connectivity index (χ4v) is 1.68. The van der Waals surface area contributed by atoms with Crippen molar-refractivity contribution in [3.05, 3.63) is 5.53 Å². The van der Waals surface area contributed by atoms with E-state index in [0.717, 1.165) is 0 Å². The number of carbonyl (C=O) groups is 3. The summed E-state index contributed by atoms with van der Waals surface area (Å²) in [4.78, 5) is 35.1. The molecular weight excluding hydrogens is 233 g/mol. The Bertz CT molecular complexity index is 428. The molecule has 2 N–H and O–H groups in total. The van der Waals surface area contributed by atoms with Gasteiger partial charge in [0.05, 0.1) is 12.0 Å². The third kappa shape index (κ3) is 2.54. The highest BCUT2D eigenvalue weighted by molar-refractivity contribution is 6.62. The number of rotatable bonds is 5. The molecule has 0 spiro atoms. The minimum atomic E-state index is -1.67. The molecule has 0 aromatic heterocycles. The van der Waals surface area contributed by atoms with Crippen molar-refractivity contribution in [1.29, 1.82) is 0 Å². The molecule has 1 amide bonds. The van der Waals surface area contributed by atoms with Crippen molar-refractivity contribution in [2.75, 3.05) is 0 Å². The SMILES string of the molecule is C[C@H](F)[C@H]1C(=O)N[C@@H]1CC(=O)C(=[N+]=[N-])C(=O)O. The van der Waals surface area contributed by atoms with Crippen molar-refractivity contribution < 1.29 is 28.7 Å². The molecule has 7 nitrogen and oxygen atoms in total. The van der Waals surface area contributed by atoms with E-state index in [1.807, 2.05) is 0 Å². The number of halogens is 1.